The second-order valence-electron chi connectivity index (χ2n) is 4.05. The van der Waals surface area contributed by atoms with Gasteiger partial charge in [-0.25, -0.2) is 4.39 Å². The first-order valence-electron chi connectivity index (χ1n) is 6.10. The third-order valence-corrected chi connectivity index (χ3v) is 2.54. The van der Waals surface area contributed by atoms with Crippen LogP contribution in [0.3, 0.4) is 0 Å². The Morgan fingerprint density at radius 2 is 2.00 bits per heavy atom. The molecule has 19 heavy (non-hydrogen) atoms. The van der Waals surface area contributed by atoms with Gasteiger partial charge < -0.3 is 16.0 Å². The average Bonchev–Trinajstić information content (AvgIpc) is 2.34. The van der Waals surface area contributed by atoms with E-state index in [4.69, 9.17) is 5.73 Å². The Bertz CT molecular complexity index is 457. The number of hydrogen-bond acceptors (Lipinski definition) is 3. The lowest BCUT2D eigenvalue weighted by Crippen LogP contribution is -2.40. The van der Waals surface area contributed by atoms with Crippen molar-refractivity contribution >= 4 is 17.5 Å². The van der Waals surface area contributed by atoms with Gasteiger partial charge in [0.1, 0.15) is 5.82 Å². The van der Waals surface area contributed by atoms with Crippen molar-refractivity contribution in [1.29, 1.82) is 0 Å². The summed E-state index contributed by atoms with van der Waals surface area (Å²) >= 11 is 0. The van der Waals surface area contributed by atoms with Gasteiger partial charge in [0, 0.05) is 24.3 Å². The quantitative estimate of drug-likeness (QED) is 0.782. The Kier molecular flexibility index (Phi) is 5.29. The smallest absolute Gasteiger partial charge is 0.254 e. The zero-order valence-electron chi connectivity index (χ0n) is 11.1. The van der Waals surface area contributed by atoms with Gasteiger partial charge in [0.05, 0.1) is 6.54 Å². The van der Waals surface area contributed by atoms with Gasteiger partial charge in [-0.15, -0.1) is 0 Å². The van der Waals surface area contributed by atoms with Crippen LogP contribution in [0.4, 0.5) is 10.1 Å². The second kappa shape index (κ2) is 6.72. The van der Waals surface area contributed by atoms with Gasteiger partial charge in [0.15, 0.2) is 0 Å². The second-order valence-corrected chi connectivity index (χ2v) is 4.05. The number of halogens is 1. The fraction of sp³-hybridized carbons (Fsp3) is 0.385. The molecule has 0 atom stereocenters. The van der Waals surface area contributed by atoms with Crippen molar-refractivity contribution in [2.75, 3.05) is 25.4 Å². The maximum absolute atomic E-state index is 13.2. The number of nitrogens with two attached hydrogens (primary N) is 1. The molecule has 0 saturated heterocycles. The van der Waals surface area contributed by atoms with Crippen LogP contribution in [-0.4, -0.2) is 36.3 Å². The Morgan fingerprint density at radius 3 is 2.53 bits per heavy atom. The van der Waals surface area contributed by atoms with Gasteiger partial charge >= 0.3 is 0 Å². The standard InChI is InChI=1S/C13H18FN3O2/c1-3-16-12(18)8-17(4-2)13(19)9-5-10(14)7-11(15)6-9/h5-7H,3-4,8,15H2,1-2H3,(H,16,18). The summed E-state index contributed by atoms with van der Waals surface area (Å²) in [5.74, 6) is -1.24. The van der Waals surface area contributed by atoms with Crippen molar-refractivity contribution in [3.8, 4) is 0 Å². The molecule has 5 nitrogen and oxygen atoms in total. The molecule has 0 radical (unpaired) electrons. The van der Waals surface area contributed by atoms with Gasteiger partial charge in [-0.05, 0) is 32.0 Å². The molecule has 0 aliphatic heterocycles. The SMILES string of the molecule is CCNC(=O)CN(CC)C(=O)c1cc(N)cc(F)c1. The molecule has 104 valence electrons. The topological polar surface area (TPSA) is 75.4 Å². The van der Waals surface area contributed by atoms with Crippen molar-refractivity contribution in [3.63, 3.8) is 0 Å². The number of likely N-dealkylation sites (N-methyl/N-ethyl adjacent to an activating group) is 2. The molecule has 0 heterocycles. The van der Waals surface area contributed by atoms with Crippen LogP contribution in [0, 0.1) is 5.82 Å². The van der Waals surface area contributed by atoms with E-state index in [0.29, 0.717) is 13.1 Å². The molecule has 1 aromatic carbocycles. The monoisotopic (exact) mass is 267 g/mol. The normalized spacial score (nSPS) is 10.1. The van der Waals surface area contributed by atoms with E-state index < -0.39 is 11.7 Å². The first-order chi connectivity index (χ1) is 8.97. The minimum absolute atomic E-state index is 0.0560. The number of carbonyl (C=O) groups is 2. The molecular weight excluding hydrogens is 249 g/mol. The maximum Gasteiger partial charge on any atom is 0.254 e. The number of carbonyl (C=O) groups excluding carboxylic acids is 2. The summed E-state index contributed by atoms with van der Waals surface area (Å²) in [6.07, 6.45) is 0. The van der Waals surface area contributed by atoms with Crippen molar-refractivity contribution in [3.05, 3.63) is 29.6 Å². The summed E-state index contributed by atoms with van der Waals surface area (Å²) in [5.41, 5.74) is 5.82. The lowest BCUT2D eigenvalue weighted by atomic mass is 10.1. The number of benzene rings is 1. The first-order valence-corrected chi connectivity index (χ1v) is 6.10. The molecule has 1 aromatic rings. The van der Waals surface area contributed by atoms with E-state index in [-0.39, 0.29) is 23.7 Å². The maximum atomic E-state index is 13.2. The Labute approximate surface area is 111 Å². The molecule has 0 spiro atoms. The summed E-state index contributed by atoms with van der Waals surface area (Å²) in [7, 11) is 0. The lowest BCUT2D eigenvalue weighted by Gasteiger charge is -2.20. The minimum atomic E-state index is -0.572. The van der Waals surface area contributed by atoms with Gasteiger partial charge in [0.25, 0.3) is 5.91 Å². The fourth-order valence-electron chi connectivity index (χ4n) is 1.67. The van der Waals surface area contributed by atoms with E-state index in [9.17, 15) is 14.0 Å². The molecule has 3 N–H and O–H groups in total. The highest BCUT2D eigenvalue weighted by atomic mass is 19.1. The van der Waals surface area contributed by atoms with Crippen LogP contribution in [0.15, 0.2) is 18.2 Å². The number of nitrogen functional groups attached to an aromatic ring is 1. The van der Waals surface area contributed by atoms with Crippen LogP contribution in [0.2, 0.25) is 0 Å². The Balaban J connectivity index is 2.86. The van der Waals surface area contributed by atoms with E-state index in [1.54, 1.807) is 13.8 Å². The predicted octanol–water partition coefficient (Wildman–Crippen LogP) is 1.01. The number of amides is 2. The molecule has 6 heteroatoms. The van der Waals surface area contributed by atoms with Crippen LogP contribution >= 0.6 is 0 Å². The van der Waals surface area contributed by atoms with E-state index in [0.717, 1.165) is 12.1 Å². The molecule has 0 fully saturated rings. The van der Waals surface area contributed by atoms with Gasteiger partial charge in [-0.1, -0.05) is 0 Å². The summed E-state index contributed by atoms with van der Waals surface area (Å²) in [6, 6.07) is 3.64. The summed E-state index contributed by atoms with van der Waals surface area (Å²) in [6.45, 7) is 4.34. The van der Waals surface area contributed by atoms with Crippen molar-refractivity contribution < 1.29 is 14.0 Å². The van der Waals surface area contributed by atoms with Crippen molar-refractivity contribution in [2.24, 2.45) is 0 Å². The highest BCUT2D eigenvalue weighted by Gasteiger charge is 2.18. The molecular formula is C13H18FN3O2. The molecule has 1 rings (SSSR count). The highest BCUT2D eigenvalue weighted by Crippen LogP contribution is 2.13. The number of nitrogens with one attached hydrogen (secondary N) is 1. The molecule has 0 saturated carbocycles. The predicted molar refractivity (Wildman–Crippen MR) is 71.1 cm³/mol. The number of rotatable bonds is 5. The Hall–Kier alpha value is -2.11. The van der Waals surface area contributed by atoms with Gasteiger partial charge in [-0.2, -0.15) is 0 Å². The van der Waals surface area contributed by atoms with Crippen LogP contribution in [0.25, 0.3) is 0 Å². The third-order valence-electron chi connectivity index (χ3n) is 2.54. The molecule has 0 unspecified atom stereocenters. The third kappa shape index (κ3) is 4.24. The minimum Gasteiger partial charge on any atom is -0.399 e. The number of nitrogens with zero attached hydrogens (tertiary/aromatic N) is 1. The summed E-state index contributed by atoms with van der Waals surface area (Å²) < 4.78 is 13.2. The van der Waals surface area contributed by atoms with E-state index in [1.807, 2.05) is 0 Å². The van der Waals surface area contributed by atoms with Gasteiger partial charge in [0.2, 0.25) is 5.91 Å². The first kappa shape index (κ1) is 14.9. The van der Waals surface area contributed by atoms with Crippen molar-refractivity contribution in [1.82, 2.24) is 10.2 Å². The van der Waals surface area contributed by atoms with Crippen molar-refractivity contribution in [2.45, 2.75) is 13.8 Å². The summed E-state index contributed by atoms with van der Waals surface area (Å²) in [4.78, 5) is 25.0. The van der Waals surface area contributed by atoms with Gasteiger partial charge in [-0.3, -0.25) is 9.59 Å². The molecule has 0 bridgehead atoms. The zero-order valence-corrected chi connectivity index (χ0v) is 11.1. The number of anilines is 1. The molecule has 0 aliphatic rings. The highest BCUT2D eigenvalue weighted by molar-refractivity contribution is 5.97. The molecule has 2 amide bonds. The largest absolute Gasteiger partial charge is 0.399 e. The van der Waals surface area contributed by atoms with E-state index >= 15 is 0 Å². The fourth-order valence-corrected chi connectivity index (χ4v) is 1.67. The lowest BCUT2D eigenvalue weighted by molar-refractivity contribution is -0.121. The van der Waals surface area contributed by atoms with Crippen LogP contribution in [-0.2, 0) is 4.79 Å². The van der Waals surface area contributed by atoms with Crippen LogP contribution in [0.1, 0.15) is 24.2 Å². The van der Waals surface area contributed by atoms with Crippen LogP contribution in [0.5, 0.6) is 0 Å². The molecule has 0 aliphatic carbocycles. The number of hydrogen-bond donors (Lipinski definition) is 2. The van der Waals surface area contributed by atoms with E-state index in [1.165, 1.54) is 11.0 Å². The summed E-state index contributed by atoms with van der Waals surface area (Å²) in [5, 5.41) is 2.61. The Morgan fingerprint density at radius 1 is 1.32 bits per heavy atom. The molecule has 0 aromatic heterocycles. The zero-order chi connectivity index (χ0) is 14.4. The van der Waals surface area contributed by atoms with E-state index in [2.05, 4.69) is 5.32 Å². The average molecular weight is 267 g/mol. The van der Waals surface area contributed by atoms with Crippen LogP contribution < -0.4 is 11.1 Å².